The summed E-state index contributed by atoms with van der Waals surface area (Å²) >= 11 is 0. The normalized spacial score (nSPS) is 17.3. The number of anilines is 1. The number of rotatable bonds is 10. The highest BCUT2D eigenvalue weighted by Crippen LogP contribution is 2.33. The van der Waals surface area contributed by atoms with Crippen LogP contribution in [-0.2, 0) is 17.6 Å². The molecule has 2 aromatic rings. The van der Waals surface area contributed by atoms with Crippen LogP contribution in [0.5, 0.6) is 6.01 Å². The van der Waals surface area contributed by atoms with E-state index in [0.717, 1.165) is 50.3 Å². The number of likely N-dealkylation sites (tertiary alicyclic amines) is 1. The Kier molecular flexibility index (Phi) is 6.96. The molecule has 0 aromatic carbocycles. The highest BCUT2D eigenvalue weighted by Gasteiger charge is 2.34. The van der Waals surface area contributed by atoms with E-state index < -0.39 is 5.97 Å². The van der Waals surface area contributed by atoms with Gasteiger partial charge in [-0.1, -0.05) is 12.5 Å². The molecule has 1 saturated heterocycles. The number of aryl methyl sites for hydroxylation is 2. The summed E-state index contributed by atoms with van der Waals surface area (Å²) in [4.78, 5) is 26.6. The number of unbranched alkanes of at least 4 members (excludes halogenated alkanes) is 1. The molecule has 2 aliphatic heterocycles. The molecule has 1 fully saturated rings. The van der Waals surface area contributed by atoms with Crippen molar-refractivity contribution in [3.63, 3.8) is 0 Å². The van der Waals surface area contributed by atoms with Gasteiger partial charge in [0.05, 0.1) is 13.5 Å². The zero-order valence-electron chi connectivity index (χ0n) is 18.1. The highest BCUT2D eigenvalue weighted by molar-refractivity contribution is 5.67. The molecule has 0 bridgehead atoms. The van der Waals surface area contributed by atoms with Gasteiger partial charge < -0.3 is 15.2 Å². The van der Waals surface area contributed by atoms with Gasteiger partial charge in [0.25, 0.3) is 0 Å². The van der Waals surface area contributed by atoms with Gasteiger partial charge in [-0.3, -0.25) is 9.69 Å². The van der Waals surface area contributed by atoms with Crippen molar-refractivity contribution < 1.29 is 14.6 Å². The van der Waals surface area contributed by atoms with Gasteiger partial charge in [-0.2, -0.15) is 0 Å². The topological polar surface area (TPSA) is 100 Å². The number of carboxylic acid groups (broad SMARTS) is 1. The number of fused-ring (bicyclic) bond motifs is 1. The molecule has 4 heterocycles. The molecule has 8 heteroatoms. The molecular weight excluding hydrogens is 394 g/mol. The molecule has 0 spiro atoms. The Labute approximate surface area is 183 Å². The number of aromatic nitrogens is 3. The molecule has 2 N–H and O–H groups in total. The minimum absolute atomic E-state index is 0.0560. The summed E-state index contributed by atoms with van der Waals surface area (Å²) in [5.41, 5.74) is 3.33. The van der Waals surface area contributed by atoms with Gasteiger partial charge in [0.2, 0.25) is 0 Å². The van der Waals surface area contributed by atoms with E-state index in [0.29, 0.717) is 11.9 Å². The number of methoxy groups -OCH3 is 1. The van der Waals surface area contributed by atoms with E-state index in [-0.39, 0.29) is 12.5 Å². The maximum atomic E-state index is 11.4. The second kappa shape index (κ2) is 10.0. The van der Waals surface area contributed by atoms with Gasteiger partial charge in [-0.05, 0) is 49.7 Å². The summed E-state index contributed by atoms with van der Waals surface area (Å²) in [5, 5.41) is 12.7. The number of pyridine rings is 1. The van der Waals surface area contributed by atoms with Gasteiger partial charge >= 0.3 is 12.0 Å². The lowest BCUT2D eigenvalue weighted by Gasteiger charge is -2.44. The number of aliphatic carboxylic acids is 1. The van der Waals surface area contributed by atoms with Crippen molar-refractivity contribution >= 4 is 11.8 Å². The number of carbonyl (C=O) groups is 1. The minimum atomic E-state index is -0.809. The van der Waals surface area contributed by atoms with E-state index in [2.05, 4.69) is 32.3 Å². The van der Waals surface area contributed by atoms with Crippen molar-refractivity contribution in [2.75, 3.05) is 32.1 Å². The fraction of sp³-hybridized carbons (Fsp3) is 0.565. The minimum Gasteiger partial charge on any atom is -0.481 e. The first-order valence-corrected chi connectivity index (χ1v) is 11.2. The van der Waals surface area contributed by atoms with Crippen LogP contribution in [-0.4, -0.2) is 57.7 Å². The van der Waals surface area contributed by atoms with Crippen LogP contribution in [0.2, 0.25) is 0 Å². The Morgan fingerprint density at radius 2 is 2.10 bits per heavy atom. The molecule has 0 aliphatic carbocycles. The van der Waals surface area contributed by atoms with E-state index in [9.17, 15) is 9.90 Å². The van der Waals surface area contributed by atoms with Crippen molar-refractivity contribution in [1.29, 1.82) is 0 Å². The molecule has 166 valence electrons. The Morgan fingerprint density at radius 3 is 2.84 bits per heavy atom. The number of carboxylic acids is 1. The lowest BCUT2D eigenvalue weighted by molar-refractivity contribution is -0.139. The van der Waals surface area contributed by atoms with Crippen LogP contribution in [0, 0.1) is 5.92 Å². The van der Waals surface area contributed by atoms with E-state index in [1.165, 1.54) is 37.6 Å². The lowest BCUT2D eigenvalue weighted by Crippen LogP contribution is -2.48. The first kappa shape index (κ1) is 21.5. The summed E-state index contributed by atoms with van der Waals surface area (Å²) in [5.74, 6) is 0.885. The molecule has 1 unspecified atom stereocenters. The monoisotopic (exact) mass is 425 g/mol. The van der Waals surface area contributed by atoms with E-state index in [4.69, 9.17) is 9.72 Å². The number of ether oxygens (including phenoxy) is 1. The molecule has 0 radical (unpaired) electrons. The molecule has 1 atom stereocenters. The largest absolute Gasteiger partial charge is 0.481 e. The molecule has 0 amide bonds. The van der Waals surface area contributed by atoms with E-state index >= 15 is 0 Å². The summed E-state index contributed by atoms with van der Waals surface area (Å²) in [7, 11) is 1.52. The Bertz CT molecular complexity index is 883. The van der Waals surface area contributed by atoms with Gasteiger partial charge in [-0.25, -0.2) is 15.0 Å². The molecule has 8 nitrogen and oxygen atoms in total. The van der Waals surface area contributed by atoms with Gasteiger partial charge in [0.1, 0.15) is 5.82 Å². The molecule has 4 rings (SSSR count). The van der Waals surface area contributed by atoms with Crippen molar-refractivity contribution in [2.45, 2.75) is 51.0 Å². The lowest BCUT2D eigenvalue weighted by atomic mass is 9.89. The van der Waals surface area contributed by atoms with Crippen LogP contribution < -0.4 is 10.1 Å². The predicted octanol–water partition coefficient (Wildman–Crippen LogP) is 3.10. The summed E-state index contributed by atoms with van der Waals surface area (Å²) in [6, 6.07) is 4.50. The van der Waals surface area contributed by atoms with Gasteiger partial charge in [0, 0.05) is 49.3 Å². The first-order chi connectivity index (χ1) is 15.1. The zero-order chi connectivity index (χ0) is 21.6. The number of nitrogens with zero attached hydrogens (tertiary/aromatic N) is 4. The molecule has 0 saturated carbocycles. The third-order valence-electron chi connectivity index (χ3n) is 6.26. The summed E-state index contributed by atoms with van der Waals surface area (Å²) in [6.45, 7) is 2.86. The second-order valence-electron chi connectivity index (χ2n) is 8.52. The summed E-state index contributed by atoms with van der Waals surface area (Å²) < 4.78 is 5.00. The summed E-state index contributed by atoms with van der Waals surface area (Å²) in [6.07, 6.45) is 10.2. The average molecular weight is 426 g/mol. The van der Waals surface area contributed by atoms with Crippen LogP contribution in [0.25, 0.3) is 0 Å². The quantitative estimate of drug-likeness (QED) is 0.560. The molecule has 2 aromatic heterocycles. The first-order valence-electron chi connectivity index (χ1n) is 11.2. The number of nitrogens with one attached hydrogen (secondary N) is 1. The molecule has 31 heavy (non-hydrogen) atoms. The van der Waals surface area contributed by atoms with Crippen molar-refractivity contribution in [3.05, 3.63) is 41.3 Å². The Hall–Kier alpha value is -2.74. The smallest absolute Gasteiger partial charge is 0.316 e. The average Bonchev–Trinajstić information content (AvgIpc) is 2.76. The van der Waals surface area contributed by atoms with E-state index in [1.807, 2.05) is 0 Å². The van der Waals surface area contributed by atoms with E-state index in [1.54, 1.807) is 12.4 Å². The van der Waals surface area contributed by atoms with Crippen molar-refractivity contribution in [2.24, 2.45) is 5.92 Å². The van der Waals surface area contributed by atoms with Crippen LogP contribution in [0.15, 0.2) is 24.5 Å². The fourth-order valence-electron chi connectivity index (χ4n) is 4.52. The maximum Gasteiger partial charge on any atom is 0.316 e. The molecular formula is C23H31N5O3. The van der Waals surface area contributed by atoms with Crippen molar-refractivity contribution in [1.82, 2.24) is 19.9 Å². The standard InChI is InChI=1S/C23H31N5O3/c1-31-23-25-12-18(13-26-23)20(11-21(29)30)28-14-16(15-28)5-2-3-7-19-9-8-17-6-4-10-24-22(17)27-19/h8-9,12-13,16,20H,2-7,10-11,14-15H2,1H3,(H,24,27)(H,29,30). The SMILES string of the molecule is COc1ncc(C(CC(=O)O)N2CC(CCCCc3ccc4c(n3)NCCC4)C2)cn1. The highest BCUT2D eigenvalue weighted by atomic mass is 16.5. The van der Waals surface area contributed by atoms with Crippen LogP contribution >= 0.6 is 0 Å². The van der Waals surface area contributed by atoms with Gasteiger partial charge in [-0.15, -0.1) is 0 Å². The Balaban J connectivity index is 1.22. The zero-order valence-corrected chi connectivity index (χ0v) is 18.1. The van der Waals surface area contributed by atoms with Crippen LogP contribution in [0.1, 0.15) is 55.0 Å². The van der Waals surface area contributed by atoms with Crippen LogP contribution in [0.3, 0.4) is 0 Å². The maximum absolute atomic E-state index is 11.4. The Morgan fingerprint density at radius 1 is 1.29 bits per heavy atom. The second-order valence-corrected chi connectivity index (χ2v) is 8.52. The predicted molar refractivity (Wildman–Crippen MR) is 117 cm³/mol. The van der Waals surface area contributed by atoms with Gasteiger partial charge in [0.15, 0.2) is 0 Å². The fourth-order valence-corrected chi connectivity index (χ4v) is 4.52. The third kappa shape index (κ3) is 5.50. The van der Waals surface area contributed by atoms with Crippen molar-refractivity contribution in [3.8, 4) is 6.01 Å². The molecule has 2 aliphatic rings. The number of hydrogen-bond donors (Lipinski definition) is 2. The number of hydrogen-bond acceptors (Lipinski definition) is 7. The van der Waals surface area contributed by atoms with Crippen LogP contribution in [0.4, 0.5) is 5.82 Å². The third-order valence-corrected chi connectivity index (χ3v) is 6.26.